The number of rotatable bonds is 7. The number of thioether (sulfide) groups is 1. The molecule has 7 heteroatoms. The second-order valence-electron chi connectivity index (χ2n) is 5.04. The Bertz CT molecular complexity index is 640. The minimum absolute atomic E-state index is 0.336. The maximum Gasteiger partial charge on any atom is 0.346 e. The molecule has 5 nitrogen and oxygen atoms in total. The van der Waals surface area contributed by atoms with Crippen LogP contribution in [0.25, 0.3) is 10.2 Å². The van der Waals surface area contributed by atoms with Crippen LogP contribution in [0.5, 0.6) is 0 Å². The molecule has 0 amide bonds. The van der Waals surface area contributed by atoms with E-state index in [2.05, 4.69) is 23.8 Å². The predicted molar refractivity (Wildman–Crippen MR) is 85.5 cm³/mol. The highest BCUT2D eigenvalue weighted by atomic mass is 32.2. The van der Waals surface area contributed by atoms with Crippen LogP contribution < -0.4 is 0 Å². The van der Waals surface area contributed by atoms with Crippen molar-refractivity contribution in [3.63, 3.8) is 0 Å². The molecule has 1 N–H and O–H groups in total. The normalized spacial score (nSPS) is 11.4. The van der Waals surface area contributed by atoms with E-state index in [1.807, 2.05) is 6.92 Å². The number of thiophene rings is 1. The predicted octanol–water partition coefficient (Wildman–Crippen LogP) is 3.46. The summed E-state index contributed by atoms with van der Waals surface area (Å²) in [5, 5.41) is 10.9. The van der Waals surface area contributed by atoms with Gasteiger partial charge in [-0.25, -0.2) is 14.8 Å². The number of hydrogen-bond acceptors (Lipinski definition) is 6. The molecular formula is C14H18N2O3S2. The van der Waals surface area contributed by atoms with Gasteiger partial charge in [-0.1, -0.05) is 13.8 Å². The van der Waals surface area contributed by atoms with Gasteiger partial charge in [0.05, 0.1) is 6.61 Å². The lowest BCUT2D eigenvalue weighted by Crippen LogP contribution is -2.04. The van der Waals surface area contributed by atoms with Crippen molar-refractivity contribution in [1.29, 1.82) is 0 Å². The molecule has 0 unspecified atom stereocenters. The minimum Gasteiger partial charge on any atom is -0.477 e. The van der Waals surface area contributed by atoms with E-state index in [0.29, 0.717) is 17.4 Å². The molecule has 0 aliphatic carbocycles. The van der Waals surface area contributed by atoms with Gasteiger partial charge in [-0.3, -0.25) is 0 Å². The van der Waals surface area contributed by atoms with Crippen LogP contribution in [0.3, 0.4) is 0 Å². The zero-order chi connectivity index (χ0) is 15.4. The molecule has 0 saturated heterocycles. The van der Waals surface area contributed by atoms with E-state index < -0.39 is 5.97 Å². The summed E-state index contributed by atoms with van der Waals surface area (Å²) in [5.41, 5.74) is 0.744. The lowest BCUT2D eigenvalue weighted by atomic mass is 10.2. The van der Waals surface area contributed by atoms with Crippen LogP contribution in [0, 0.1) is 12.8 Å². The van der Waals surface area contributed by atoms with E-state index in [1.54, 1.807) is 11.8 Å². The van der Waals surface area contributed by atoms with Crippen LogP contribution in [-0.2, 0) is 4.74 Å². The average molecular weight is 326 g/mol. The molecule has 0 spiro atoms. The molecule has 0 aliphatic rings. The van der Waals surface area contributed by atoms with Gasteiger partial charge in [-0.2, -0.15) is 0 Å². The molecule has 0 atom stereocenters. The van der Waals surface area contributed by atoms with E-state index in [1.165, 1.54) is 17.7 Å². The Labute approximate surface area is 131 Å². The molecule has 2 aromatic heterocycles. The number of aryl methyl sites for hydroxylation is 1. The number of carbonyl (C=O) groups is 1. The molecule has 2 heterocycles. The first kappa shape index (κ1) is 16.2. The van der Waals surface area contributed by atoms with Crippen molar-refractivity contribution in [3.05, 3.63) is 16.8 Å². The molecule has 0 aliphatic heterocycles. The zero-order valence-electron chi connectivity index (χ0n) is 12.3. The van der Waals surface area contributed by atoms with Gasteiger partial charge in [0.2, 0.25) is 0 Å². The van der Waals surface area contributed by atoms with Crippen LogP contribution >= 0.6 is 23.1 Å². The lowest BCUT2D eigenvalue weighted by molar-refractivity contribution is 0.0701. The van der Waals surface area contributed by atoms with E-state index in [4.69, 9.17) is 4.74 Å². The number of hydrogen-bond donors (Lipinski definition) is 1. The first-order valence-electron chi connectivity index (χ1n) is 6.68. The van der Waals surface area contributed by atoms with Crippen LogP contribution in [-0.4, -0.2) is 40.0 Å². The molecule has 2 aromatic rings. The number of carboxylic acid groups (broad SMARTS) is 1. The summed E-state index contributed by atoms with van der Waals surface area (Å²) in [6.45, 7) is 7.45. The maximum atomic E-state index is 11.2. The van der Waals surface area contributed by atoms with Crippen LogP contribution in [0.4, 0.5) is 0 Å². The van der Waals surface area contributed by atoms with E-state index in [0.717, 1.165) is 33.2 Å². The third-order valence-corrected chi connectivity index (χ3v) is 4.95. The van der Waals surface area contributed by atoms with Gasteiger partial charge in [0.1, 0.15) is 21.1 Å². The quantitative estimate of drug-likeness (QED) is 0.477. The largest absolute Gasteiger partial charge is 0.477 e. The number of nitrogens with zero attached hydrogens (tertiary/aromatic N) is 2. The van der Waals surface area contributed by atoms with Crippen molar-refractivity contribution in [1.82, 2.24) is 9.97 Å². The first-order chi connectivity index (χ1) is 10.0. The summed E-state index contributed by atoms with van der Waals surface area (Å²) in [6, 6.07) is 0. The maximum absolute atomic E-state index is 11.2. The number of carboxylic acids is 1. The Hall–Kier alpha value is -1.18. The van der Waals surface area contributed by atoms with Gasteiger partial charge in [0.25, 0.3) is 0 Å². The first-order valence-corrected chi connectivity index (χ1v) is 8.48. The summed E-state index contributed by atoms with van der Waals surface area (Å²) in [4.78, 5) is 20.7. The van der Waals surface area contributed by atoms with Gasteiger partial charge in [-0.15, -0.1) is 23.1 Å². The highest BCUT2D eigenvalue weighted by Crippen LogP contribution is 2.34. The molecule has 2 rings (SSSR count). The monoisotopic (exact) mass is 326 g/mol. The Morgan fingerprint density at radius 2 is 2.24 bits per heavy atom. The highest BCUT2D eigenvalue weighted by molar-refractivity contribution is 7.99. The topological polar surface area (TPSA) is 72.3 Å². The Morgan fingerprint density at radius 1 is 1.48 bits per heavy atom. The minimum atomic E-state index is -0.910. The van der Waals surface area contributed by atoms with Crippen LogP contribution in [0.1, 0.15) is 29.1 Å². The smallest absolute Gasteiger partial charge is 0.346 e. The van der Waals surface area contributed by atoms with Crippen molar-refractivity contribution < 1.29 is 14.6 Å². The van der Waals surface area contributed by atoms with Gasteiger partial charge in [-0.05, 0) is 18.4 Å². The second kappa shape index (κ2) is 7.20. The number of aromatic nitrogens is 2. The number of fused-ring (bicyclic) bond motifs is 1. The van der Waals surface area contributed by atoms with Crippen molar-refractivity contribution in [2.24, 2.45) is 5.92 Å². The number of ether oxygens (including phenoxy) is 1. The van der Waals surface area contributed by atoms with Gasteiger partial charge in [0, 0.05) is 17.7 Å². The Kier molecular flexibility index (Phi) is 5.55. The molecule has 21 heavy (non-hydrogen) atoms. The second-order valence-corrected chi connectivity index (χ2v) is 7.12. The fraction of sp³-hybridized carbons (Fsp3) is 0.500. The molecule has 0 bridgehead atoms. The molecule has 0 radical (unpaired) electrons. The Morgan fingerprint density at radius 3 is 2.90 bits per heavy atom. The molecular weight excluding hydrogens is 308 g/mol. The van der Waals surface area contributed by atoms with Crippen molar-refractivity contribution >= 4 is 39.3 Å². The van der Waals surface area contributed by atoms with E-state index in [-0.39, 0.29) is 0 Å². The third kappa shape index (κ3) is 3.93. The summed E-state index contributed by atoms with van der Waals surface area (Å²) in [6.07, 6.45) is 1.49. The third-order valence-electron chi connectivity index (χ3n) is 2.80. The lowest BCUT2D eigenvalue weighted by Gasteiger charge is -2.06. The highest BCUT2D eigenvalue weighted by Gasteiger charge is 2.18. The van der Waals surface area contributed by atoms with Crippen molar-refractivity contribution in [2.45, 2.75) is 25.8 Å². The SMILES string of the molecule is Cc1c(C(=O)O)sc2ncnc(SCCOCC(C)C)c12. The van der Waals surface area contributed by atoms with Crippen molar-refractivity contribution in [2.75, 3.05) is 19.0 Å². The molecule has 0 fully saturated rings. The molecule has 0 aromatic carbocycles. The summed E-state index contributed by atoms with van der Waals surface area (Å²) >= 11 is 2.78. The fourth-order valence-corrected chi connectivity index (χ4v) is 3.83. The molecule has 0 saturated carbocycles. The zero-order valence-corrected chi connectivity index (χ0v) is 13.9. The van der Waals surface area contributed by atoms with Gasteiger partial charge in [0.15, 0.2) is 0 Å². The van der Waals surface area contributed by atoms with Gasteiger partial charge < -0.3 is 9.84 Å². The Balaban J connectivity index is 2.11. The summed E-state index contributed by atoms with van der Waals surface area (Å²) in [7, 11) is 0. The average Bonchev–Trinajstić information content (AvgIpc) is 2.76. The fourth-order valence-electron chi connectivity index (χ4n) is 1.87. The van der Waals surface area contributed by atoms with E-state index >= 15 is 0 Å². The van der Waals surface area contributed by atoms with Gasteiger partial charge >= 0.3 is 5.97 Å². The van der Waals surface area contributed by atoms with Crippen LogP contribution in [0.15, 0.2) is 11.4 Å². The molecule has 114 valence electrons. The summed E-state index contributed by atoms with van der Waals surface area (Å²) < 4.78 is 5.55. The number of aromatic carboxylic acids is 1. The van der Waals surface area contributed by atoms with Crippen LogP contribution in [0.2, 0.25) is 0 Å². The van der Waals surface area contributed by atoms with Crippen molar-refractivity contribution in [3.8, 4) is 0 Å². The van der Waals surface area contributed by atoms with E-state index in [9.17, 15) is 9.90 Å². The summed E-state index contributed by atoms with van der Waals surface area (Å²) in [5.74, 6) is 0.404. The standard InChI is InChI=1S/C14H18N2O3S2/c1-8(2)6-19-4-5-20-12-10-9(3)11(14(17)18)21-13(10)16-7-15-12/h7-8H,4-6H2,1-3H3,(H,17,18).